The van der Waals surface area contributed by atoms with Crippen LogP contribution in [-0.2, 0) is 14.8 Å². The molecule has 1 aromatic carbocycles. The van der Waals surface area contributed by atoms with Crippen molar-refractivity contribution in [3.63, 3.8) is 0 Å². The van der Waals surface area contributed by atoms with E-state index >= 15 is 0 Å². The van der Waals surface area contributed by atoms with Crippen LogP contribution >= 0.6 is 0 Å². The molecule has 0 atom stereocenters. The fraction of sp³-hybridized carbons (Fsp3) is 0.462. The molecule has 0 unspecified atom stereocenters. The lowest BCUT2D eigenvalue weighted by Gasteiger charge is -2.25. The van der Waals surface area contributed by atoms with Gasteiger partial charge in [0.15, 0.2) is 0 Å². The molecule has 1 rings (SSSR count). The van der Waals surface area contributed by atoms with Gasteiger partial charge in [0.05, 0.1) is 4.90 Å². The van der Waals surface area contributed by atoms with Gasteiger partial charge in [-0.3, -0.25) is 4.79 Å². The zero-order valence-electron chi connectivity index (χ0n) is 11.6. The molecule has 0 fully saturated rings. The van der Waals surface area contributed by atoms with Crippen LogP contribution in [0.2, 0.25) is 0 Å². The predicted octanol–water partition coefficient (Wildman–Crippen LogP) is 2.06. The summed E-state index contributed by atoms with van der Waals surface area (Å²) in [5.74, 6) is -1.60. The standard InChI is InChI=1S/C13H18FNO4S/c1-9-10(14)5-4-6-11(9)20(18,19)15-13(2,3)8-7-12(16)17/h4-6,15H,7-8H2,1-3H3,(H,16,17). The van der Waals surface area contributed by atoms with Crippen LogP contribution in [0.4, 0.5) is 4.39 Å². The Morgan fingerprint density at radius 1 is 1.40 bits per heavy atom. The molecule has 0 aliphatic carbocycles. The summed E-state index contributed by atoms with van der Waals surface area (Å²) < 4.78 is 40.3. The molecule has 5 nitrogen and oxygen atoms in total. The number of nitrogens with one attached hydrogen (secondary N) is 1. The van der Waals surface area contributed by atoms with Gasteiger partial charge in [-0.15, -0.1) is 0 Å². The first-order chi connectivity index (χ1) is 9.05. The second kappa shape index (κ2) is 5.88. The number of carboxylic acids is 1. The molecule has 0 aliphatic rings. The van der Waals surface area contributed by atoms with E-state index in [4.69, 9.17) is 5.11 Å². The number of halogens is 1. The van der Waals surface area contributed by atoms with Crippen LogP contribution < -0.4 is 4.72 Å². The summed E-state index contributed by atoms with van der Waals surface area (Å²) in [6, 6.07) is 3.82. The molecule has 0 saturated carbocycles. The van der Waals surface area contributed by atoms with E-state index in [1.54, 1.807) is 13.8 Å². The van der Waals surface area contributed by atoms with Crippen molar-refractivity contribution in [2.75, 3.05) is 0 Å². The summed E-state index contributed by atoms with van der Waals surface area (Å²) in [4.78, 5) is 10.4. The highest BCUT2D eigenvalue weighted by atomic mass is 32.2. The van der Waals surface area contributed by atoms with Crippen molar-refractivity contribution in [1.82, 2.24) is 4.72 Å². The average molecular weight is 303 g/mol. The number of carbonyl (C=O) groups is 1. The van der Waals surface area contributed by atoms with E-state index in [-0.39, 0.29) is 23.3 Å². The Balaban J connectivity index is 3.00. The van der Waals surface area contributed by atoms with Crippen LogP contribution in [-0.4, -0.2) is 25.0 Å². The monoisotopic (exact) mass is 303 g/mol. The van der Waals surface area contributed by atoms with Crippen LogP contribution in [0.3, 0.4) is 0 Å². The van der Waals surface area contributed by atoms with E-state index in [0.717, 1.165) is 0 Å². The maximum Gasteiger partial charge on any atom is 0.303 e. The Morgan fingerprint density at radius 3 is 2.55 bits per heavy atom. The Bertz CT molecular complexity index is 611. The van der Waals surface area contributed by atoms with E-state index in [1.807, 2.05) is 0 Å². The van der Waals surface area contributed by atoms with Crippen LogP contribution in [0.25, 0.3) is 0 Å². The Kier molecular flexibility index (Phi) is 4.88. The molecule has 112 valence electrons. The third kappa shape index (κ3) is 4.28. The van der Waals surface area contributed by atoms with Gasteiger partial charge in [0, 0.05) is 17.5 Å². The molecule has 0 heterocycles. The maximum absolute atomic E-state index is 13.4. The van der Waals surface area contributed by atoms with Gasteiger partial charge in [-0.2, -0.15) is 0 Å². The predicted molar refractivity (Wildman–Crippen MR) is 72.4 cm³/mol. The molecular weight excluding hydrogens is 285 g/mol. The summed E-state index contributed by atoms with van der Waals surface area (Å²) in [7, 11) is -3.90. The molecule has 0 spiro atoms. The van der Waals surface area contributed by atoms with Crippen molar-refractivity contribution >= 4 is 16.0 Å². The lowest BCUT2D eigenvalue weighted by atomic mass is 10.0. The highest BCUT2D eigenvalue weighted by molar-refractivity contribution is 7.89. The maximum atomic E-state index is 13.4. The fourth-order valence-electron chi connectivity index (χ4n) is 1.77. The van der Waals surface area contributed by atoms with Gasteiger partial charge in [-0.05, 0) is 39.3 Å². The molecule has 0 aliphatic heterocycles. The molecule has 2 N–H and O–H groups in total. The minimum absolute atomic E-state index is 0.0361. The Hall–Kier alpha value is -1.47. The number of sulfonamides is 1. The van der Waals surface area contributed by atoms with Gasteiger partial charge >= 0.3 is 5.97 Å². The molecule has 0 aromatic heterocycles. The fourth-order valence-corrected chi connectivity index (χ4v) is 3.47. The highest BCUT2D eigenvalue weighted by Gasteiger charge is 2.28. The molecule has 0 radical (unpaired) electrons. The van der Waals surface area contributed by atoms with E-state index in [2.05, 4.69) is 4.72 Å². The van der Waals surface area contributed by atoms with Crippen LogP contribution in [0.5, 0.6) is 0 Å². The second-order valence-electron chi connectivity index (χ2n) is 5.25. The molecule has 20 heavy (non-hydrogen) atoms. The number of hydrogen-bond donors (Lipinski definition) is 2. The number of benzene rings is 1. The molecule has 7 heteroatoms. The zero-order valence-corrected chi connectivity index (χ0v) is 12.4. The van der Waals surface area contributed by atoms with Gasteiger partial charge in [0.1, 0.15) is 5.82 Å². The van der Waals surface area contributed by atoms with Gasteiger partial charge in [0.2, 0.25) is 10.0 Å². The quantitative estimate of drug-likeness (QED) is 0.842. The van der Waals surface area contributed by atoms with Crippen molar-refractivity contribution < 1.29 is 22.7 Å². The zero-order chi connectivity index (χ0) is 15.6. The van der Waals surface area contributed by atoms with Crippen molar-refractivity contribution in [2.45, 2.75) is 44.0 Å². The van der Waals surface area contributed by atoms with Crippen LogP contribution in [0.15, 0.2) is 23.1 Å². The van der Waals surface area contributed by atoms with Gasteiger partial charge in [-0.25, -0.2) is 17.5 Å². The molecular formula is C13H18FNO4S. The summed E-state index contributed by atoms with van der Waals surface area (Å²) in [5, 5.41) is 8.65. The first kappa shape index (κ1) is 16.6. The molecule has 1 aromatic rings. The SMILES string of the molecule is Cc1c(F)cccc1S(=O)(=O)NC(C)(C)CCC(=O)O. The highest BCUT2D eigenvalue weighted by Crippen LogP contribution is 2.21. The third-order valence-electron chi connectivity index (χ3n) is 2.88. The summed E-state index contributed by atoms with van der Waals surface area (Å²) >= 11 is 0. The Morgan fingerprint density at radius 2 is 2.00 bits per heavy atom. The van der Waals surface area contributed by atoms with E-state index in [9.17, 15) is 17.6 Å². The number of hydrogen-bond acceptors (Lipinski definition) is 3. The van der Waals surface area contributed by atoms with E-state index in [1.165, 1.54) is 25.1 Å². The molecule has 0 amide bonds. The van der Waals surface area contributed by atoms with Gasteiger partial charge in [0.25, 0.3) is 0 Å². The summed E-state index contributed by atoms with van der Waals surface area (Å²) in [6.07, 6.45) is -0.0203. The van der Waals surface area contributed by atoms with E-state index < -0.39 is 27.3 Å². The van der Waals surface area contributed by atoms with Gasteiger partial charge < -0.3 is 5.11 Å². The minimum Gasteiger partial charge on any atom is -0.481 e. The number of rotatable bonds is 6. The van der Waals surface area contributed by atoms with Crippen LogP contribution in [0, 0.1) is 12.7 Å². The number of carboxylic acid groups (broad SMARTS) is 1. The topological polar surface area (TPSA) is 83.5 Å². The third-order valence-corrected chi connectivity index (χ3v) is 4.72. The summed E-state index contributed by atoms with van der Waals surface area (Å²) in [6.45, 7) is 4.55. The number of aliphatic carboxylic acids is 1. The largest absolute Gasteiger partial charge is 0.481 e. The van der Waals surface area contributed by atoms with Crippen molar-refractivity contribution in [3.05, 3.63) is 29.6 Å². The van der Waals surface area contributed by atoms with Crippen molar-refractivity contribution in [3.8, 4) is 0 Å². The Labute approximate surface area is 117 Å². The van der Waals surface area contributed by atoms with E-state index in [0.29, 0.717) is 0 Å². The van der Waals surface area contributed by atoms with Gasteiger partial charge in [-0.1, -0.05) is 6.07 Å². The first-order valence-corrected chi connectivity index (χ1v) is 7.54. The average Bonchev–Trinajstić information content (AvgIpc) is 2.29. The normalized spacial score (nSPS) is 12.4. The van der Waals surface area contributed by atoms with Crippen molar-refractivity contribution in [2.24, 2.45) is 0 Å². The van der Waals surface area contributed by atoms with Crippen molar-refractivity contribution in [1.29, 1.82) is 0 Å². The smallest absolute Gasteiger partial charge is 0.303 e. The second-order valence-corrected chi connectivity index (χ2v) is 6.90. The minimum atomic E-state index is -3.90. The lowest BCUT2D eigenvalue weighted by molar-refractivity contribution is -0.137. The summed E-state index contributed by atoms with van der Waals surface area (Å²) in [5.41, 5.74) is -0.898. The lowest BCUT2D eigenvalue weighted by Crippen LogP contribution is -2.43. The van der Waals surface area contributed by atoms with Crippen LogP contribution in [0.1, 0.15) is 32.3 Å². The molecule has 0 bridgehead atoms. The first-order valence-electron chi connectivity index (χ1n) is 6.06. The molecule has 0 saturated heterocycles.